The molecule has 0 aliphatic heterocycles. The van der Waals surface area contributed by atoms with Gasteiger partial charge in [0.05, 0.1) is 17.1 Å². The summed E-state index contributed by atoms with van der Waals surface area (Å²) in [4.78, 5) is 16.8. The van der Waals surface area contributed by atoms with Gasteiger partial charge in [0.2, 0.25) is 5.91 Å². The summed E-state index contributed by atoms with van der Waals surface area (Å²) < 4.78 is 69.2. The van der Waals surface area contributed by atoms with E-state index < -0.39 is 50.3 Å². The molecule has 0 saturated heterocycles. The molecule has 0 radical (unpaired) electrons. The van der Waals surface area contributed by atoms with Gasteiger partial charge in [-0.15, -0.1) is 0 Å². The molecular formula is C27H20Cl2F3N3O4S. The predicted octanol–water partition coefficient (Wildman–Crippen LogP) is 6.39. The van der Waals surface area contributed by atoms with Crippen molar-refractivity contribution in [1.82, 2.24) is 10.1 Å². The lowest BCUT2D eigenvalue weighted by atomic mass is 9.94. The average molecular weight is 610 g/mol. The quantitative estimate of drug-likeness (QED) is 0.224. The molecule has 3 aromatic carbocycles. The molecule has 1 saturated carbocycles. The molecule has 1 heterocycles. The minimum Gasteiger partial charge on any atom is -0.334 e. The number of carbonyl (C=O) groups is 1. The van der Waals surface area contributed by atoms with Crippen LogP contribution in [0.25, 0.3) is 11.5 Å². The molecule has 1 atom stereocenters. The Morgan fingerprint density at radius 2 is 1.65 bits per heavy atom. The van der Waals surface area contributed by atoms with Gasteiger partial charge in [0, 0.05) is 33.4 Å². The van der Waals surface area contributed by atoms with Crippen molar-refractivity contribution in [2.24, 2.45) is 0 Å². The molecule has 0 spiro atoms. The van der Waals surface area contributed by atoms with E-state index >= 15 is 0 Å². The van der Waals surface area contributed by atoms with Gasteiger partial charge in [0.15, 0.2) is 5.82 Å². The van der Waals surface area contributed by atoms with Gasteiger partial charge in [-0.3, -0.25) is 4.79 Å². The maximum absolute atomic E-state index is 14.2. The van der Waals surface area contributed by atoms with Crippen LogP contribution in [-0.2, 0) is 27.3 Å². The fourth-order valence-corrected chi connectivity index (χ4v) is 5.77. The Kier molecular flexibility index (Phi) is 7.64. The van der Waals surface area contributed by atoms with E-state index in [1.807, 2.05) is 0 Å². The Labute approximate surface area is 238 Å². The molecule has 1 amide bonds. The Morgan fingerprint density at radius 3 is 2.20 bits per heavy atom. The summed E-state index contributed by atoms with van der Waals surface area (Å²) in [6.45, 7) is 1.58. The molecule has 4 aromatic rings. The second kappa shape index (κ2) is 10.9. The zero-order valence-corrected chi connectivity index (χ0v) is 23.1. The molecule has 1 aliphatic carbocycles. The topological polar surface area (TPSA) is 102 Å². The summed E-state index contributed by atoms with van der Waals surface area (Å²) >= 11 is 13.2. The highest BCUT2D eigenvalue weighted by Gasteiger charge is 2.52. The number of rotatable bonds is 8. The monoisotopic (exact) mass is 609 g/mol. The van der Waals surface area contributed by atoms with Crippen molar-refractivity contribution < 1.29 is 30.9 Å². The summed E-state index contributed by atoms with van der Waals surface area (Å²) in [6, 6.07) is 10.8. The number of halogens is 5. The van der Waals surface area contributed by atoms with E-state index in [0.29, 0.717) is 47.4 Å². The summed E-state index contributed by atoms with van der Waals surface area (Å²) in [5.41, 5.74) is 0.627. The molecule has 208 valence electrons. The number of carbonyl (C=O) groups excluding carboxylic acids is 1. The zero-order valence-electron chi connectivity index (χ0n) is 20.7. The number of aromatic nitrogens is 2. The largest absolute Gasteiger partial charge is 0.334 e. The lowest BCUT2D eigenvalue weighted by Gasteiger charge is -2.17. The molecule has 40 heavy (non-hydrogen) atoms. The van der Waals surface area contributed by atoms with Gasteiger partial charge >= 0.3 is 0 Å². The highest BCUT2D eigenvalue weighted by Crippen LogP contribution is 2.57. The molecular weight excluding hydrogens is 590 g/mol. The third kappa shape index (κ3) is 5.45. The number of nitrogens with one attached hydrogen (secondary N) is 1. The first-order valence-corrected chi connectivity index (χ1v) is 14.0. The molecule has 0 bridgehead atoms. The number of amides is 1. The van der Waals surface area contributed by atoms with Crippen molar-refractivity contribution in [3.05, 3.63) is 98.5 Å². The van der Waals surface area contributed by atoms with Crippen LogP contribution in [-0.4, -0.2) is 24.5 Å². The Bertz CT molecular complexity index is 1650. The lowest BCUT2D eigenvalue weighted by Crippen LogP contribution is -2.16. The van der Waals surface area contributed by atoms with Crippen LogP contribution >= 0.6 is 23.2 Å². The summed E-state index contributed by atoms with van der Waals surface area (Å²) in [5, 5.41) is 6.45. The minimum atomic E-state index is -2.60. The maximum Gasteiger partial charge on any atom is 0.263 e. The molecule has 1 N–H and O–H groups in total. The van der Waals surface area contributed by atoms with Gasteiger partial charge in [-0.05, 0) is 43.0 Å². The van der Waals surface area contributed by atoms with Gasteiger partial charge < -0.3 is 9.84 Å². The standard InChI is InChI=1S/C27H20Cl2F3N3O4S/c1-13(40(37)38)15-4-2-14(3-5-15)8-22(36)33-17-11-18(28)24(19(29)12-17)27(6-7-27)26-34-25(39-35-26)23-20(31)9-16(30)10-21(23)32/h2-5,9-13,40H,6-8H2,1H3,(H,33,36). The van der Waals surface area contributed by atoms with Gasteiger partial charge in [-0.25, -0.2) is 21.6 Å². The number of benzene rings is 3. The van der Waals surface area contributed by atoms with E-state index in [4.69, 9.17) is 27.7 Å². The number of thiol groups is 1. The second-order valence-electron chi connectivity index (χ2n) is 9.49. The number of hydrogen-bond donors (Lipinski definition) is 2. The molecule has 13 heteroatoms. The number of nitrogens with zero attached hydrogens (tertiary/aromatic N) is 2. The maximum atomic E-state index is 14.2. The fraction of sp³-hybridized carbons (Fsp3) is 0.222. The zero-order chi connectivity index (χ0) is 28.8. The van der Waals surface area contributed by atoms with E-state index in [-0.39, 0.29) is 28.2 Å². The van der Waals surface area contributed by atoms with Gasteiger partial charge in [0.1, 0.15) is 33.7 Å². The van der Waals surface area contributed by atoms with E-state index in [0.717, 1.165) is 0 Å². The van der Waals surface area contributed by atoms with Crippen LogP contribution in [0.4, 0.5) is 18.9 Å². The Hall–Kier alpha value is -3.41. The van der Waals surface area contributed by atoms with Gasteiger partial charge in [0.25, 0.3) is 5.89 Å². The average Bonchev–Trinajstić information content (AvgIpc) is 3.51. The van der Waals surface area contributed by atoms with Crippen LogP contribution in [0.5, 0.6) is 0 Å². The van der Waals surface area contributed by atoms with Crippen LogP contribution in [0.3, 0.4) is 0 Å². The number of hydrogen-bond acceptors (Lipinski definition) is 6. The molecule has 1 fully saturated rings. The lowest BCUT2D eigenvalue weighted by molar-refractivity contribution is -0.115. The predicted molar refractivity (Wildman–Crippen MR) is 144 cm³/mol. The molecule has 1 unspecified atom stereocenters. The van der Waals surface area contributed by atoms with Crippen LogP contribution < -0.4 is 5.32 Å². The summed E-state index contributed by atoms with van der Waals surface area (Å²) in [5.74, 6) is -4.12. The first-order valence-electron chi connectivity index (χ1n) is 12.0. The van der Waals surface area contributed by atoms with Crippen LogP contribution in [0.15, 0.2) is 53.1 Å². The SMILES string of the molecule is CC(c1ccc(CC(=O)Nc2cc(Cl)c(C3(c4noc(-c5c(F)cc(F)cc5F)n4)CC3)c(Cl)c2)cc1)[SH](=O)=O. The van der Waals surface area contributed by atoms with E-state index in [1.54, 1.807) is 31.2 Å². The van der Waals surface area contributed by atoms with Crippen LogP contribution in [0.1, 0.15) is 47.5 Å². The Balaban J connectivity index is 1.34. The third-order valence-corrected chi connectivity index (χ3v) is 8.30. The third-order valence-electron chi connectivity index (χ3n) is 6.77. The first-order chi connectivity index (χ1) is 19.0. The van der Waals surface area contributed by atoms with Crippen molar-refractivity contribution >= 4 is 45.5 Å². The molecule has 5 rings (SSSR count). The normalized spacial score (nSPS) is 14.8. The van der Waals surface area contributed by atoms with Gasteiger partial charge in [-0.2, -0.15) is 4.98 Å². The minimum absolute atomic E-state index is 0.0290. The molecule has 1 aliphatic rings. The van der Waals surface area contributed by atoms with Crippen molar-refractivity contribution in [3.63, 3.8) is 0 Å². The Morgan fingerprint density at radius 1 is 1.05 bits per heavy atom. The highest BCUT2D eigenvalue weighted by molar-refractivity contribution is 7.72. The molecule has 7 nitrogen and oxygen atoms in total. The van der Waals surface area contributed by atoms with Gasteiger partial charge in [-0.1, -0.05) is 52.6 Å². The first kappa shape index (κ1) is 28.1. The van der Waals surface area contributed by atoms with E-state index in [2.05, 4.69) is 15.5 Å². The highest BCUT2D eigenvalue weighted by atomic mass is 35.5. The second-order valence-corrected chi connectivity index (χ2v) is 11.7. The molecule has 1 aromatic heterocycles. The summed E-state index contributed by atoms with van der Waals surface area (Å²) in [7, 11) is -2.60. The van der Waals surface area contributed by atoms with Crippen LogP contribution in [0, 0.1) is 17.5 Å². The number of anilines is 1. The fourth-order valence-electron chi connectivity index (χ4n) is 4.51. The van der Waals surface area contributed by atoms with E-state index in [1.165, 1.54) is 12.1 Å². The van der Waals surface area contributed by atoms with Crippen molar-refractivity contribution in [2.45, 2.75) is 36.9 Å². The van der Waals surface area contributed by atoms with Crippen molar-refractivity contribution in [3.8, 4) is 11.5 Å². The summed E-state index contributed by atoms with van der Waals surface area (Å²) in [6.07, 6.45) is 1.09. The van der Waals surface area contributed by atoms with E-state index in [9.17, 15) is 26.4 Å². The van der Waals surface area contributed by atoms with Crippen molar-refractivity contribution in [2.75, 3.05) is 5.32 Å². The van der Waals surface area contributed by atoms with Crippen LogP contribution in [0.2, 0.25) is 10.0 Å². The van der Waals surface area contributed by atoms with Crippen molar-refractivity contribution in [1.29, 1.82) is 0 Å². The smallest absolute Gasteiger partial charge is 0.263 e.